The molecule has 1 N–H and O–H groups in total. The molecule has 0 aromatic heterocycles. The predicted molar refractivity (Wildman–Crippen MR) is 106 cm³/mol. The van der Waals surface area contributed by atoms with Crippen molar-refractivity contribution in [2.45, 2.75) is 10.9 Å². The number of benzene rings is 2. The van der Waals surface area contributed by atoms with Gasteiger partial charge in [-0.05, 0) is 35.9 Å². The van der Waals surface area contributed by atoms with Gasteiger partial charge in [-0.1, -0.05) is 29.7 Å². The normalized spacial score (nSPS) is 11.0. The highest BCUT2D eigenvalue weighted by molar-refractivity contribution is 8.00. The number of carbonyl (C=O) groups is 1. The van der Waals surface area contributed by atoms with Crippen LogP contribution < -0.4 is 14.8 Å². The van der Waals surface area contributed by atoms with E-state index < -0.39 is 6.04 Å². The van der Waals surface area contributed by atoms with Gasteiger partial charge in [0, 0.05) is 9.92 Å². The minimum absolute atomic E-state index is 0.144. The first-order chi connectivity index (χ1) is 13.1. The molecule has 1 atom stereocenters. The number of methoxy groups -OCH3 is 1. The molecular weight excluding hydrogens is 384 g/mol. The summed E-state index contributed by atoms with van der Waals surface area (Å²) in [6, 6.07) is 13.4. The second-order valence-corrected chi connectivity index (χ2v) is 6.76. The molecule has 1 amide bonds. The number of rotatable bonds is 8. The Morgan fingerprint density at radius 1 is 1.30 bits per heavy atom. The van der Waals surface area contributed by atoms with Crippen molar-refractivity contribution in [3.05, 3.63) is 53.1 Å². The molecule has 0 spiro atoms. The van der Waals surface area contributed by atoms with Crippen LogP contribution in [0.5, 0.6) is 11.5 Å². The molecule has 0 aliphatic rings. The Bertz CT molecular complexity index is 872. The monoisotopic (exact) mass is 400 g/mol. The first-order valence-corrected chi connectivity index (χ1v) is 9.25. The molecule has 0 saturated heterocycles. The van der Waals surface area contributed by atoms with E-state index >= 15 is 0 Å². The Morgan fingerprint density at radius 2 is 2.04 bits per heavy atom. The molecule has 0 bridgehead atoms. The highest BCUT2D eigenvalue weighted by atomic mass is 35.5. The second-order valence-electron chi connectivity index (χ2n) is 5.28. The summed E-state index contributed by atoms with van der Waals surface area (Å²) in [7, 11) is 1.53. The maximum Gasteiger partial charge on any atom is 0.231 e. The predicted octanol–water partition coefficient (Wildman–Crippen LogP) is 3.83. The topological polar surface area (TPSA) is 71.3 Å². The fourth-order valence-corrected chi connectivity index (χ4v) is 3.03. The lowest BCUT2D eigenvalue weighted by molar-refractivity contribution is -0.118. The van der Waals surface area contributed by atoms with Crippen LogP contribution in [0.15, 0.2) is 47.4 Å². The van der Waals surface area contributed by atoms with Gasteiger partial charge in [0.1, 0.15) is 12.6 Å². The molecular formula is C20H17ClN2O3S. The van der Waals surface area contributed by atoms with E-state index in [-0.39, 0.29) is 18.3 Å². The third-order valence-corrected chi connectivity index (χ3v) is 4.70. The number of carbonyl (C=O) groups excluding carboxylic acids is 1. The number of hydrogen-bond donors (Lipinski definition) is 1. The van der Waals surface area contributed by atoms with E-state index in [2.05, 4.69) is 17.3 Å². The van der Waals surface area contributed by atoms with Gasteiger partial charge in [0.2, 0.25) is 5.91 Å². The summed E-state index contributed by atoms with van der Waals surface area (Å²) in [5.41, 5.74) is 0.678. The first kappa shape index (κ1) is 20.5. The maximum atomic E-state index is 12.2. The summed E-state index contributed by atoms with van der Waals surface area (Å²) >= 11 is 7.17. The molecule has 0 radical (unpaired) electrons. The number of terminal acetylenes is 1. The molecule has 5 nitrogen and oxygen atoms in total. The van der Waals surface area contributed by atoms with E-state index in [4.69, 9.17) is 27.5 Å². The van der Waals surface area contributed by atoms with E-state index in [1.165, 1.54) is 18.9 Å². The molecule has 2 rings (SSSR count). The zero-order valence-electron chi connectivity index (χ0n) is 14.6. The molecule has 0 aliphatic heterocycles. The Kier molecular flexibility index (Phi) is 7.88. The van der Waals surface area contributed by atoms with Crippen LogP contribution in [0.25, 0.3) is 0 Å². The fourth-order valence-electron chi connectivity index (χ4n) is 2.17. The minimum Gasteiger partial charge on any atom is -0.493 e. The molecule has 0 heterocycles. The van der Waals surface area contributed by atoms with Crippen molar-refractivity contribution in [3.63, 3.8) is 0 Å². The number of nitrogens with zero attached hydrogens (tertiary/aromatic N) is 1. The summed E-state index contributed by atoms with van der Waals surface area (Å²) in [4.78, 5) is 13.0. The number of nitriles is 1. The fraction of sp³-hybridized carbons (Fsp3) is 0.200. The molecule has 0 saturated carbocycles. The third kappa shape index (κ3) is 6.14. The van der Waals surface area contributed by atoms with Gasteiger partial charge in [0.15, 0.2) is 11.5 Å². The Hall–Kier alpha value is -2.80. The molecule has 2 aromatic rings. The quantitative estimate of drug-likeness (QED) is 0.538. The number of halogens is 1. The van der Waals surface area contributed by atoms with Crippen LogP contribution in [0, 0.1) is 23.7 Å². The lowest BCUT2D eigenvalue weighted by Gasteiger charge is -2.13. The second kappa shape index (κ2) is 10.4. The van der Waals surface area contributed by atoms with E-state index in [0.717, 1.165) is 4.90 Å². The highest BCUT2D eigenvalue weighted by Gasteiger charge is 2.14. The highest BCUT2D eigenvalue weighted by Crippen LogP contribution is 2.32. The molecule has 0 aliphatic carbocycles. The van der Waals surface area contributed by atoms with Crippen molar-refractivity contribution in [1.29, 1.82) is 5.26 Å². The Morgan fingerprint density at radius 3 is 2.67 bits per heavy atom. The zero-order chi connectivity index (χ0) is 19.6. The van der Waals surface area contributed by atoms with Gasteiger partial charge in [0.25, 0.3) is 0 Å². The van der Waals surface area contributed by atoms with Crippen LogP contribution in [0.1, 0.15) is 11.6 Å². The van der Waals surface area contributed by atoms with Crippen molar-refractivity contribution in [2.75, 3.05) is 19.5 Å². The summed E-state index contributed by atoms with van der Waals surface area (Å²) in [6.45, 7) is 0.144. The molecule has 2 aromatic carbocycles. The average molecular weight is 401 g/mol. The van der Waals surface area contributed by atoms with E-state index in [1.807, 2.05) is 6.07 Å². The maximum absolute atomic E-state index is 12.2. The van der Waals surface area contributed by atoms with E-state index in [9.17, 15) is 10.1 Å². The summed E-state index contributed by atoms with van der Waals surface area (Å²) < 4.78 is 10.7. The van der Waals surface area contributed by atoms with Gasteiger partial charge >= 0.3 is 0 Å². The standard InChI is InChI=1S/C20H17ClN2O3S/c1-3-10-26-18-9-8-16(11-19(18)25-2)27-13-20(24)23-17(12-22)14-4-6-15(21)7-5-14/h1,4-9,11,17H,10,13H2,2H3,(H,23,24). The molecule has 1 unspecified atom stereocenters. The van der Waals surface area contributed by atoms with Crippen LogP contribution >= 0.6 is 23.4 Å². The molecule has 138 valence electrons. The largest absolute Gasteiger partial charge is 0.493 e. The van der Waals surface area contributed by atoms with Crippen molar-refractivity contribution < 1.29 is 14.3 Å². The molecule has 0 fully saturated rings. The van der Waals surface area contributed by atoms with Crippen molar-refractivity contribution in [2.24, 2.45) is 0 Å². The lowest BCUT2D eigenvalue weighted by Crippen LogP contribution is -2.29. The van der Waals surface area contributed by atoms with Crippen molar-refractivity contribution in [3.8, 4) is 29.9 Å². The van der Waals surface area contributed by atoms with Gasteiger partial charge < -0.3 is 14.8 Å². The zero-order valence-corrected chi connectivity index (χ0v) is 16.1. The summed E-state index contributed by atoms with van der Waals surface area (Å²) in [6.07, 6.45) is 5.19. The Labute approximate surface area is 167 Å². The summed E-state index contributed by atoms with van der Waals surface area (Å²) in [5.74, 6) is 3.36. The van der Waals surface area contributed by atoms with Crippen LogP contribution in [0.2, 0.25) is 5.02 Å². The number of nitrogens with one attached hydrogen (secondary N) is 1. The first-order valence-electron chi connectivity index (χ1n) is 7.89. The SMILES string of the molecule is C#CCOc1ccc(SCC(=O)NC(C#N)c2ccc(Cl)cc2)cc1OC. The van der Waals surface area contributed by atoms with Crippen LogP contribution in [0.3, 0.4) is 0 Å². The number of hydrogen-bond acceptors (Lipinski definition) is 5. The van der Waals surface area contributed by atoms with Crippen LogP contribution in [-0.4, -0.2) is 25.4 Å². The number of ether oxygens (including phenoxy) is 2. The summed E-state index contributed by atoms with van der Waals surface area (Å²) in [5, 5.41) is 12.6. The van der Waals surface area contributed by atoms with Gasteiger partial charge in [0.05, 0.1) is 18.9 Å². The third-order valence-electron chi connectivity index (χ3n) is 3.45. The van der Waals surface area contributed by atoms with Crippen molar-refractivity contribution in [1.82, 2.24) is 5.32 Å². The van der Waals surface area contributed by atoms with Crippen LogP contribution in [0.4, 0.5) is 0 Å². The molecule has 7 heteroatoms. The average Bonchev–Trinajstić information content (AvgIpc) is 2.69. The number of thioether (sulfide) groups is 1. The lowest BCUT2D eigenvalue weighted by atomic mass is 10.1. The van der Waals surface area contributed by atoms with E-state index in [1.54, 1.807) is 36.4 Å². The van der Waals surface area contributed by atoms with Crippen molar-refractivity contribution >= 4 is 29.3 Å². The van der Waals surface area contributed by atoms with Gasteiger partial charge in [-0.3, -0.25) is 4.79 Å². The molecule has 27 heavy (non-hydrogen) atoms. The van der Waals surface area contributed by atoms with Gasteiger partial charge in [-0.25, -0.2) is 0 Å². The van der Waals surface area contributed by atoms with Crippen LogP contribution in [-0.2, 0) is 4.79 Å². The minimum atomic E-state index is -0.732. The van der Waals surface area contributed by atoms with Gasteiger partial charge in [-0.15, -0.1) is 18.2 Å². The smallest absolute Gasteiger partial charge is 0.231 e. The Balaban J connectivity index is 1.95. The number of amides is 1. The van der Waals surface area contributed by atoms with E-state index in [0.29, 0.717) is 22.1 Å². The van der Waals surface area contributed by atoms with Gasteiger partial charge in [-0.2, -0.15) is 5.26 Å².